The van der Waals surface area contributed by atoms with Crippen LogP contribution in [0.25, 0.3) is 11.3 Å². The first-order chi connectivity index (χ1) is 12.4. The number of phenolic OH excluding ortho intramolecular Hbond substituents is 1. The number of methoxy groups -OCH3 is 1. The number of carbonyl (C=O) groups excluding carboxylic acids is 1. The van der Waals surface area contributed by atoms with Crippen molar-refractivity contribution in [2.75, 3.05) is 12.4 Å². The second kappa shape index (κ2) is 7.09. The minimum atomic E-state index is -0.338. The molecule has 2 N–H and O–H groups in total. The maximum absolute atomic E-state index is 12.5. The van der Waals surface area contributed by atoms with Crippen LogP contribution in [0.3, 0.4) is 0 Å². The summed E-state index contributed by atoms with van der Waals surface area (Å²) in [5.74, 6) is 0.0621. The van der Waals surface area contributed by atoms with Crippen LogP contribution in [0.15, 0.2) is 42.5 Å². The Labute approximate surface area is 156 Å². The second-order valence-electron chi connectivity index (χ2n) is 5.84. The zero-order valence-corrected chi connectivity index (χ0v) is 15.3. The topological polar surface area (TPSA) is 76.4 Å². The van der Waals surface area contributed by atoms with Crippen LogP contribution in [0, 0.1) is 6.92 Å². The highest BCUT2D eigenvalue weighted by atomic mass is 35.5. The predicted molar refractivity (Wildman–Crippen MR) is 101 cm³/mol. The summed E-state index contributed by atoms with van der Waals surface area (Å²) in [5, 5.41) is 17.6. The molecule has 0 saturated carbocycles. The second-order valence-corrected chi connectivity index (χ2v) is 6.27. The molecule has 0 atom stereocenters. The van der Waals surface area contributed by atoms with Crippen molar-refractivity contribution < 1.29 is 14.6 Å². The summed E-state index contributed by atoms with van der Waals surface area (Å²) in [6.07, 6.45) is 0. The van der Waals surface area contributed by atoms with Gasteiger partial charge in [0.2, 0.25) is 0 Å². The molecule has 1 amide bonds. The van der Waals surface area contributed by atoms with Crippen LogP contribution in [0.5, 0.6) is 11.5 Å². The van der Waals surface area contributed by atoms with Gasteiger partial charge in [-0.3, -0.25) is 9.48 Å². The van der Waals surface area contributed by atoms with Gasteiger partial charge >= 0.3 is 0 Å². The molecule has 2 aromatic carbocycles. The molecular weight excluding hydrogens is 354 g/mol. The van der Waals surface area contributed by atoms with Gasteiger partial charge in [0.05, 0.1) is 12.8 Å². The molecule has 0 bridgehead atoms. The number of ether oxygens (including phenoxy) is 1. The summed E-state index contributed by atoms with van der Waals surface area (Å²) < 4.78 is 6.63. The molecule has 0 saturated heterocycles. The molecule has 3 rings (SSSR count). The molecule has 0 aliphatic heterocycles. The Morgan fingerprint density at radius 1 is 1.23 bits per heavy atom. The maximum atomic E-state index is 12.5. The van der Waals surface area contributed by atoms with Gasteiger partial charge in [-0.05, 0) is 48.9 Å². The Bertz CT molecular complexity index is 982. The SMILES string of the molecule is COc1ccc(-c2cc(C(=O)Nc3cc(Cl)ccc3C)nn2C)cc1O. The Balaban J connectivity index is 1.89. The van der Waals surface area contributed by atoms with Crippen LogP contribution < -0.4 is 10.1 Å². The normalized spacial score (nSPS) is 10.6. The van der Waals surface area contributed by atoms with Crippen molar-refractivity contribution in [3.8, 4) is 22.8 Å². The molecule has 7 heteroatoms. The average molecular weight is 372 g/mol. The van der Waals surface area contributed by atoms with Crippen LogP contribution in [0.1, 0.15) is 16.1 Å². The summed E-state index contributed by atoms with van der Waals surface area (Å²) in [4.78, 5) is 12.5. The van der Waals surface area contributed by atoms with Crippen LogP contribution in [0.4, 0.5) is 5.69 Å². The number of anilines is 1. The number of carbonyl (C=O) groups is 1. The van der Waals surface area contributed by atoms with Crippen LogP contribution >= 0.6 is 11.6 Å². The maximum Gasteiger partial charge on any atom is 0.276 e. The summed E-state index contributed by atoms with van der Waals surface area (Å²) in [5.41, 5.74) is 3.21. The fourth-order valence-corrected chi connectivity index (χ4v) is 2.79. The van der Waals surface area contributed by atoms with E-state index < -0.39 is 0 Å². The van der Waals surface area contributed by atoms with E-state index in [4.69, 9.17) is 16.3 Å². The molecule has 0 unspecified atom stereocenters. The molecule has 1 aromatic heterocycles. The first kappa shape index (κ1) is 17.8. The van der Waals surface area contributed by atoms with Crippen molar-refractivity contribution in [3.05, 3.63) is 58.7 Å². The van der Waals surface area contributed by atoms with Gasteiger partial charge in [-0.2, -0.15) is 5.10 Å². The molecule has 0 radical (unpaired) electrons. The van der Waals surface area contributed by atoms with Gasteiger partial charge in [-0.25, -0.2) is 0 Å². The number of aromatic nitrogens is 2. The number of hydrogen-bond acceptors (Lipinski definition) is 4. The van der Waals surface area contributed by atoms with E-state index in [9.17, 15) is 9.90 Å². The van der Waals surface area contributed by atoms with E-state index in [2.05, 4.69) is 10.4 Å². The third-order valence-corrected chi connectivity index (χ3v) is 4.27. The molecule has 1 heterocycles. The van der Waals surface area contributed by atoms with Gasteiger partial charge in [0.1, 0.15) is 0 Å². The van der Waals surface area contributed by atoms with Gasteiger partial charge in [-0.1, -0.05) is 17.7 Å². The number of phenols is 1. The van der Waals surface area contributed by atoms with Gasteiger partial charge in [0, 0.05) is 23.3 Å². The van der Waals surface area contributed by atoms with Crippen LogP contribution in [0.2, 0.25) is 5.02 Å². The van der Waals surface area contributed by atoms with E-state index in [1.165, 1.54) is 7.11 Å². The van der Waals surface area contributed by atoms with Crippen LogP contribution in [-0.4, -0.2) is 27.9 Å². The van der Waals surface area contributed by atoms with Crippen molar-refractivity contribution in [2.24, 2.45) is 7.05 Å². The first-order valence-corrected chi connectivity index (χ1v) is 8.25. The lowest BCUT2D eigenvalue weighted by Crippen LogP contribution is -2.13. The number of aromatic hydroxyl groups is 1. The van der Waals surface area contributed by atoms with E-state index in [0.717, 1.165) is 11.1 Å². The number of amides is 1. The number of rotatable bonds is 4. The highest BCUT2D eigenvalue weighted by molar-refractivity contribution is 6.31. The Kier molecular flexibility index (Phi) is 4.86. The third-order valence-electron chi connectivity index (χ3n) is 4.03. The van der Waals surface area contributed by atoms with E-state index in [1.807, 2.05) is 13.0 Å². The van der Waals surface area contributed by atoms with Gasteiger partial charge in [0.25, 0.3) is 5.91 Å². The Morgan fingerprint density at radius 2 is 2.00 bits per heavy atom. The van der Waals surface area contributed by atoms with Crippen molar-refractivity contribution in [2.45, 2.75) is 6.92 Å². The molecule has 134 valence electrons. The van der Waals surface area contributed by atoms with Crippen LogP contribution in [-0.2, 0) is 7.05 Å². The molecule has 0 aliphatic carbocycles. The smallest absolute Gasteiger partial charge is 0.276 e. The standard InChI is InChI=1S/C19H18ClN3O3/c1-11-4-6-13(20)9-14(11)21-19(25)15-10-16(23(2)22-15)12-5-7-18(26-3)17(24)8-12/h4-10,24H,1-3H3,(H,21,25). The average Bonchev–Trinajstić information content (AvgIpc) is 3.00. The molecule has 3 aromatic rings. The van der Waals surface area contributed by atoms with Crippen molar-refractivity contribution in [1.29, 1.82) is 0 Å². The van der Waals surface area contributed by atoms with E-state index in [1.54, 1.807) is 48.1 Å². The minimum Gasteiger partial charge on any atom is -0.504 e. The number of hydrogen-bond donors (Lipinski definition) is 2. The molecule has 0 aliphatic rings. The largest absolute Gasteiger partial charge is 0.504 e. The van der Waals surface area contributed by atoms with Crippen molar-refractivity contribution in [3.63, 3.8) is 0 Å². The number of aryl methyl sites for hydroxylation is 2. The van der Waals surface area contributed by atoms with Crippen molar-refractivity contribution in [1.82, 2.24) is 9.78 Å². The van der Waals surface area contributed by atoms with E-state index >= 15 is 0 Å². The third kappa shape index (κ3) is 3.50. The summed E-state index contributed by atoms with van der Waals surface area (Å²) >= 11 is 5.99. The monoisotopic (exact) mass is 371 g/mol. The van der Waals surface area contributed by atoms with Gasteiger partial charge in [-0.15, -0.1) is 0 Å². The fourth-order valence-electron chi connectivity index (χ4n) is 2.61. The zero-order chi connectivity index (χ0) is 18.8. The number of nitrogens with one attached hydrogen (secondary N) is 1. The predicted octanol–water partition coefficient (Wildman–Crippen LogP) is 4.02. The van der Waals surface area contributed by atoms with E-state index in [0.29, 0.717) is 22.2 Å². The lowest BCUT2D eigenvalue weighted by molar-refractivity contribution is 0.102. The van der Waals surface area contributed by atoms with Gasteiger partial charge < -0.3 is 15.2 Å². The highest BCUT2D eigenvalue weighted by Crippen LogP contribution is 2.31. The van der Waals surface area contributed by atoms with Crippen molar-refractivity contribution >= 4 is 23.2 Å². The minimum absolute atomic E-state index is 0.0201. The number of benzene rings is 2. The molecule has 6 nitrogen and oxygen atoms in total. The van der Waals surface area contributed by atoms with Gasteiger partial charge in [0.15, 0.2) is 17.2 Å². The fraction of sp³-hybridized carbons (Fsp3) is 0.158. The number of nitrogens with zero attached hydrogens (tertiary/aromatic N) is 2. The summed E-state index contributed by atoms with van der Waals surface area (Å²) in [7, 11) is 3.22. The quantitative estimate of drug-likeness (QED) is 0.726. The summed E-state index contributed by atoms with van der Waals surface area (Å²) in [6.45, 7) is 1.88. The number of halogens is 1. The molecule has 0 fully saturated rings. The Hall–Kier alpha value is -2.99. The molecular formula is C19H18ClN3O3. The lowest BCUT2D eigenvalue weighted by Gasteiger charge is -2.07. The lowest BCUT2D eigenvalue weighted by atomic mass is 10.1. The van der Waals surface area contributed by atoms with E-state index in [-0.39, 0.29) is 17.4 Å². The zero-order valence-electron chi connectivity index (χ0n) is 14.6. The molecule has 0 spiro atoms. The summed E-state index contributed by atoms with van der Waals surface area (Å²) in [6, 6.07) is 12.0. The Morgan fingerprint density at radius 3 is 2.69 bits per heavy atom. The molecule has 26 heavy (non-hydrogen) atoms. The highest BCUT2D eigenvalue weighted by Gasteiger charge is 2.16. The first-order valence-electron chi connectivity index (χ1n) is 7.88.